The minimum absolute atomic E-state index is 0.122. The van der Waals surface area contributed by atoms with E-state index >= 15 is 0 Å². The smallest absolute Gasteiger partial charge is 0.273 e. The fourth-order valence-corrected chi connectivity index (χ4v) is 2.19. The van der Waals surface area contributed by atoms with Crippen LogP contribution in [0.15, 0.2) is 35.5 Å². The minimum Gasteiger partial charge on any atom is -0.496 e. The van der Waals surface area contributed by atoms with E-state index in [2.05, 4.69) is 5.10 Å². The fraction of sp³-hybridized carbons (Fsp3) is 0.182. The molecule has 1 heterocycles. The first-order valence-corrected chi connectivity index (χ1v) is 7.22. The lowest BCUT2D eigenvalue weighted by molar-refractivity contribution is -0.385. The normalized spacial score (nSPS) is 11.3. The van der Waals surface area contributed by atoms with Crippen LogP contribution in [-0.2, 0) is 16.6 Å². The molecule has 1 aromatic carbocycles. The Morgan fingerprint density at radius 1 is 1.43 bits per heavy atom. The largest absolute Gasteiger partial charge is 0.496 e. The maximum absolute atomic E-state index is 11.2. The van der Waals surface area contributed by atoms with Gasteiger partial charge in [0.15, 0.2) is 0 Å². The van der Waals surface area contributed by atoms with Gasteiger partial charge >= 0.3 is 0 Å². The summed E-state index contributed by atoms with van der Waals surface area (Å²) in [6.07, 6.45) is 2.37. The predicted octanol–water partition coefficient (Wildman–Crippen LogP) is 0.496. The number of nitrogens with zero attached hydrogens (tertiary/aromatic N) is 3. The molecule has 10 heteroatoms. The summed E-state index contributed by atoms with van der Waals surface area (Å²) in [4.78, 5) is 10.2. The Bertz CT molecular complexity index is 784. The Kier molecular flexibility index (Phi) is 3.91. The van der Waals surface area contributed by atoms with E-state index < -0.39 is 14.9 Å². The Morgan fingerprint density at radius 2 is 2.14 bits per heavy atom. The number of aromatic nitrogens is 2. The van der Waals surface area contributed by atoms with Crippen molar-refractivity contribution in [1.29, 1.82) is 0 Å². The number of nitro groups is 1. The number of nitro benzene ring substituents is 1. The molecule has 0 saturated carbocycles. The van der Waals surface area contributed by atoms with Gasteiger partial charge in [-0.05, 0) is 11.6 Å². The number of nitrogens with two attached hydrogens (primary N) is 1. The van der Waals surface area contributed by atoms with Gasteiger partial charge in [0.2, 0.25) is 10.0 Å². The quantitative estimate of drug-likeness (QED) is 0.631. The molecule has 112 valence electrons. The third kappa shape index (κ3) is 3.55. The zero-order valence-electron chi connectivity index (χ0n) is 11.0. The molecule has 21 heavy (non-hydrogen) atoms. The summed E-state index contributed by atoms with van der Waals surface area (Å²) in [7, 11) is -2.43. The molecule has 0 spiro atoms. The molecule has 0 fully saturated rings. The SMILES string of the molecule is COc1cc(Cn2cc(S(N)(=O)=O)cn2)cc([N+](=O)[O-])c1. The first-order valence-electron chi connectivity index (χ1n) is 5.67. The van der Waals surface area contributed by atoms with Crippen LogP contribution >= 0.6 is 0 Å². The van der Waals surface area contributed by atoms with E-state index in [0.717, 1.165) is 6.20 Å². The molecule has 0 unspecified atom stereocenters. The number of hydrogen-bond acceptors (Lipinski definition) is 6. The number of hydrogen-bond donors (Lipinski definition) is 1. The summed E-state index contributed by atoms with van der Waals surface area (Å²) >= 11 is 0. The van der Waals surface area contributed by atoms with Gasteiger partial charge in [0.1, 0.15) is 10.6 Å². The van der Waals surface area contributed by atoms with Gasteiger partial charge in [0, 0.05) is 12.3 Å². The number of rotatable bonds is 5. The van der Waals surface area contributed by atoms with Gasteiger partial charge in [-0.2, -0.15) is 5.10 Å². The van der Waals surface area contributed by atoms with Crippen LogP contribution < -0.4 is 9.88 Å². The van der Waals surface area contributed by atoms with Gasteiger partial charge in [0.25, 0.3) is 5.69 Å². The summed E-state index contributed by atoms with van der Waals surface area (Å²) in [5.41, 5.74) is 0.424. The third-order valence-corrected chi connectivity index (χ3v) is 3.55. The second kappa shape index (κ2) is 5.50. The number of ether oxygens (including phenoxy) is 1. The van der Waals surface area contributed by atoms with Crippen molar-refractivity contribution in [2.75, 3.05) is 7.11 Å². The van der Waals surface area contributed by atoms with E-state index in [-0.39, 0.29) is 17.1 Å². The van der Waals surface area contributed by atoms with Gasteiger partial charge in [-0.15, -0.1) is 0 Å². The van der Waals surface area contributed by atoms with Gasteiger partial charge < -0.3 is 4.74 Å². The summed E-state index contributed by atoms with van der Waals surface area (Å²) < 4.78 is 28.6. The Morgan fingerprint density at radius 3 is 2.67 bits per heavy atom. The summed E-state index contributed by atoms with van der Waals surface area (Å²) in [6, 6.07) is 4.26. The molecular weight excluding hydrogens is 300 g/mol. The molecule has 0 aliphatic heterocycles. The van der Waals surface area contributed by atoms with E-state index in [1.165, 1.54) is 30.1 Å². The van der Waals surface area contributed by atoms with Crippen LogP contribution in [0.25, 0.3) is 0 Å². The third-order valence-electron chi connectivity index (χ3n) is 2.68. The van der Waals surface area contributed by atoms with Crippen molar-refractivity contribution in [1.82, 2.24) is 9.78 Å². The van der Waals surface area contributed by atoms with Crippen LogP contribution in [0.1, 0.15) is 5.56 Å². The molecular formula is C11H12N4O5S. The fourth-order valence-electron chi connectivity index (χ4n) is 1.72. The topological polar surface area (TPSA) is 130 Å². The monoisotopic (exact) mass is 312 g/mol. The molecule has 0 amide bonds. The van der Waals surface area contributed by atoms with Crippen LogP contribution in [0.5, 0.6) is 5.75 Å². The zero-order valence-corrected chi connectivity index (χ0v) is 11.8. The average molecular weight is 312 g/mol. The first-order chi connectivity index (χ1) is 9.79. The van der Waals surface area contributed by atoms with Crippen LogP contribution in [0.4, 0.5) is 5.69 Å². The molecule has 0 bridgehead atoms. The highest BCUT2D eigenvalue weighted by Gasteiger charge is 2.13. The Balaban J connectivity index is 2.33. The highest BCUT2D eigenvalue weighted by molar-refractivity contribution is 7.89. The molecule has 0 radical (unpaired) electrons. The van der Waals surface area contributed by atoms with Crippen molar-refractivity contribution in [2.45, 2.75) is 11.4 Å². The van der Waals surface area contributed by atoms with Crippen LogP contribution in [0.2, 0.25) is 0 Å². The zero-order chi connectivity index (χ0) is 15.6. The van der Waals surface area contributed by atoms with Crippen LogP contribution in [0, 0.1) is 10.1 Å². The lowest BCUT2D eigenvalue weighted by Gasteiger charge is -2.05. The van der Waals surface area contributed by atoms with Crippen molar-refractivity contribution in [3.8, 4) is 5.75 Å². The number of non-ortho nitro benzene ring substituents is 1. The Labute approximate surface area is 120 Å². The van der Waals surface area contributed by atoms with Gasteiger partial charge in [-0.25, -0.2) is 13.6 Å². The van der Waals surface area contributed by atoms with E-state index in [4.69, 9.17) is 9.88 Å². The highest BCUT2D eigenvalue weighted by Crippen LogP contribution is 2.23. The summed E-state index contributed by atoms with van der Waals surface area (Å²) in [6.45, 7) is 0.146. The molecule has 0 aliphatic carbocycles. The molecule has 2 rings (SSSR count). The van der Waals surface area contributed by atoms with Crippen molar-refractivity contribution in [3.63, 3.8) is 0 Å². The molecule has 0 saturated heterocycles. The molecule has 2 aromatic rings. The molecule has 1 aromatic heterocycles. The summed E-state index contributed by atoms with van der Waals surface area (Å²) in [5, 5.41) is 19.7. The second-order valence-electron chi connectivity index (χ2n) is 4.22. The minimum atomic E-state index is -3.82. The van der Waals surface area contributed by atoms with Crippen molar-refractivity contribution >= 4 is 15.7 Å². The van der Waals surface area contributed by atoms with Crippen molar-refractivity contribution in [2.24, 2.45) is 5.14 Å². The van der Waals surface area contributed by atoms with E-state index in [1.807, 2.05) is 0 Å². The first kappa shape index (κ1) is 14.9. The average Bonchev–Trinajstić information content (AvgIpc) is 2.86. The van der Waals surface area contributed by atoms with Crippen LogP contribution in [0.3, 0.4) is 0 Å². The molecule has 2 N–H and O–H groups in total. The standard InChI is InChI=1S/C11H12N4O5S/c1-20-10-3-8(2-9(4-10)15(16)17)6-14-7-11(5-13-14)21(12,18)19/h2-5,7H,6H2,1H3,(H2,12,18,19). The lowest BCUT2D eigenvalue weighted by atomic mass is 10.2. The molecule has 9 nitrogen and oxygen atoms in total. The molecule has 0 aliphatic rings. The van der Waals surface area contributed by atoms with Crippen molar-refractivity contribution < 1.29 is 18.1 Å². The predicted molar refractivity (Wildman–Crippen MR) is 72.4 cm³/mol. The van der Waals surface area contributed by atoms with E-state index in [9.17, 15) is 18.5 Å². The summed E-state index contributed by atoms with van der Waals surface area (Å²) in [5.74, 6) is 0.332. The molecule has 0 atom stereocenters. The lowest BCUT2D eigenvalue weighted by Crippen LogP contribution is -2.11. The Hall–Kier alpha value is -2.46. The number of primary sulfonamides is 1. The number of methoxy groups -OCH3 is 1. The van der Waals surface area contributed by atoms with E-state index in [1.54, 1.807) is 6.07 Å². The maximum Gasteiger partial charge on any atom is 0.273 e. The number of sulfonamides is 1. The van der Waals surface area contributed by atoms with Crippen molar-refractivity contribution in [3.05, 3.63) is 46.3 Å². The van der Waals surface area contributed by atoms with Crippen LogP contribution in [-0.4, -0.2) is 30.2 Å². The van der Waals surface area contributed by atoms with Gasteiger partial charge in [-0.3, -0.25) is 14.8 Å². The maximum atomic E-state index is 11.2. The van der Waals surface area contributed by atoms with Gasteiger partial charge in [0.05, 0.1) is 30.8 Å². The second-order valence-corrected chi connectivity index (χ2v) is 5.78. The van der Waals surface area contributed by atoms with E-state index in [0.29, 0.717) is 11.3 Å². The van der Waals surface area contributed by atoms with Gasteiger partial charge in [-0.1, -0.05) is 0 Å². The highest BCUT2D eigenvalue weighted by atomic mass is 32.2. The number of benzene rings is 1.